The second-order valence-electron chi connectivity index (χ2n) is 3.84. The standard InChI is InChI=1S/C13H21NO.C2H6/c1-3-11(2)12-7-4-5-8-13(12)15-10-6-9-14;1-2/h4-5,7-8,11H,3,6,9-10,14H2,1-2H3;1-2H3. The van der Waals surface area contributed by atoms with E-state index in [1.165, 1.54) is 5.56 Å². The van der Waals surface area contributed by atoms with Gasteiger partial charge in [-0.1, -0.05) is 45.9 Å². The van der Waals surface area contributed by atoms with Gasteiger partial charge in [-0.15, -0.1) is 0 Å². The van der Waals surface area contributed by atoms with Gasteiger partial charge in [0.15, 0.2) is 0 Å². The topological polar surface area (TPSA) is 35.2 Å². The maximum atomic E-state index is 5.72. The molecule has 0 aromatic heterocycles. The molecule has 0 saturated heterocycles. The van der Waals surface area contributed by atoms with E-state index in [4.69, 9.17) is 10.5 Å². The second kappa shape index (κ2) is 10.2. The molecule has 2 N–H and O–H groups in total. The minimum Gasteiger partial charge on any atom is -0.493 e. The van der Waals surface area contributed by atoms with Crippen molar-refractivity contribution in [1.29, 1.82) is 0 Å². The predicted molar refractivity (Wildman–Crippen MR) is 75.7 cm³/mol. The summed E-state index contributed by atoms with van der Waals surface area (Å²) in [6.07, 6.45) is 2.05. The van der Waals surface area contributed by atoms with Crippen LogP contribution in [0.4, 0.5) is 0 Å². The van der Waals surface area contributed by atoms with Gasteiger partial charge in [-0.3, -0.25) is 0 Å². The molecule has 0 radical (unpaired) electrons. The fraction of sp³-hybridized carbons (Fsp3) is 0.600. The highest BCUT2D eigenvalue weighted by Crippen LogP contribution is 2.28. The first-order valence-electron chi connectivity index (χ1n) is 6.71. The molecule has 1 aromatic carbocycles. The summed E-state index contributed by atoms with van der Waals surface area (Å²) in [4.78, 5) is 0. The van der Waals surface area contributed by atoms with Crippen LogP contribution in [0.5, 0.6) is 5.75 Å². The Labute approximate surface area is 106 Å². The highest BCUT2D eigenvalue weighted by Gasteiger charge is 2.08. The zero-order valence-corrected chi connectivity index (χ0v) is 11.7. The van der Waals surface area contributed by atoms with Gasteiger partial charge in [0.05, 0.1) is 6.61 Å². The molecule has 2 nitrogen and oxygen atoms in total. The summed E-state index contributed by atoms with van der Waals surface area (Å²) in [5.74, 6) is 1.57. The summed E-state index contributed by atoms with van der Waals surface area (Å²) < 4.78 is 5.72. The van der Waals surface area contributed by atoms with Gasteiger partial charge in [0.25, 0.3) is 0 Å². The Kier molecular flexibility index (Phi) is 9.55. The fourth-order valence-corrected chi connectivity index (χ4v) is 1.50. The first-order valence-corrected chi connectivity index (χ1v) is 6.71. The van der Waals surface area contributed by atoms with Crippen molar-refractivity contribution in [3.8, 4) is 5.75 Å². The van der Waals surface area contributed by atoms with Crippen molar-refractivity contribution in [3.63, 3.8) is 0 Å². The van der Waals surface area contributed by atoms with E-state index in [2.05, 4.69) is 26.0 Å². The summed E-state index contributed by atoms with van der Waals surface area (Å²) in [6, 6.07) is 8.27. The van der Waals surface area contributed by atoms with Crippen LogP contribution in [0.25, 0.3) is 0 Å². The number of ether oxygens (including phenoxy) is 1. The van der Waals surface area contributed by atoms with E-state index in [0.717, 1.165) is 18.6 Å². The summed E-state index contributed by atoms with van der Waals surface area (Å²) >= 11 is 0. The molecular weight excluding hydrogens is 210 g/mol. The molecular formula is C15H27NO. The lowest BCUT2D eigenvalue weighted by Gasteiger charge is -2.15. The quantitative estimate of drug-likeness (QED) is 0.760. The van der Waals surface area contributed by atoms with Crippen molar-refractivity contribution in [2.75, 3.05) is 13.2 Å². The third-order valence-corrected chi connectivity index (χ3v) is 2.67. The van der Waals surface area contributed by atoms with Crippen molar-refractivity contribution < 1.29 is 4.74 Å². The number of benzene rings is 1. The second-order valence-corrected chi connectivity index (χ2v) is 3.84. The van der Waals surface area contributed by atoms with Crippen molar-refractivity contribution in [2.24, 2.45) is 5.73 Å². The molecule has 0 saturated carbocycles. The van der Waals surface area contributed by atoms with Gasteiger partial charge in [0, 0.05) is 0 Å². The Hall–Kier alpha value is -1.02. The van der Waals surface area contributed by atoms with Crippen LogP contribution >= 0.6 is 0 Å². The molecule has 1 atom stereocenters. The fourth-order valence-electron chi connectivity index (χ4n) is 1.50. The maximum absolute atomic E-state index is 5.72. The predicted octanol–water partition coefficient (Wildman–Crippen LogP) is 3.95. The van der Waals surface area contributed by atoms with Gasteiger partial charge in [-0.2, -0.15) is 0 Å². The molecule has 98 valence electrons. The molecule has 0 aliphatic carbocycles. The molecule has 1 aromatic rings. The highest BCUT2D eigenvalue weighted by molar-refractivity contribution is 5.35. The van der Waals surface area contributed by atoms with Crippen LogP contribution in [0.2, 0.25) is 0 Å². The summed E-state index contributed by atoms with van der Waals surface area (Å²) in [5.41, 5.74) is 6.74. The van der Waals surface area contributed by atoms with Gasteiger partial charge >= 0.3 is 0 Å². The van der Waals surface area contributed by atoms with E-state index in [9.17, 15) is 0 Å². The molecule has 2 heteroatoms. The Balaban J connectivity index is 0.00000121. The highest BCUT2D eigenvalue weighted by atomic mass is 16.5. The van der Waals surface area contributed by atoms with Crippen molar-refractivity contribution >= 4 is 0 Å². The number of rotatable bonds is 6. The van der Waals surface area contributed by atoms with Crippen LogP contribution in [0.15, 0.2) is 24.3 Å². The molecule has 0 heterocycles. The maximum Gasteiger partial charge on any atom is 0.122 e. The van der Waals surface area contributed by atoms with Gasteiger partial charge in [0.1, 0.15) is 5.75 Å². The number of hydrogen-bond donors (Lipinski definition) is 1. The van der Waals surface area contributed by atoms with Crippen LogP contribution in [0.3, 0.4) is 0 Å². The van der Waals surface area contributed by atoms with Crippen LogP contribution < -0.4 is 10.5 Å². The van der Waals surface area contributed by atoms with E-state index in [1.54, 1.807) is 0 Å². The first kappa shape index (κ1) is 16.0. The van der Waals surface area contributed by atoms with Crippen LogP contribution in [0, 0.1) is 0 Å². The van der Waals surface area contributed by atoms with Gasteiger partial charge in [-0.25, -0.2) is 0 Å². The zero-order valence-electron chi connectivity index (χ0n) is 11.7. The molecule has 1 rings (SSSR count). The van der Waals surface area contributed by atoms with Crippen LogP contribution in [-0.2, 0) is 0 Å². The number of nitrogens with two attached hydrogens (primary N) is 1. The SMILES string of the molecule is CC.CCC(C)c1ccccc1OCCCN. The molecule has 0 amide bonds. The van der Waals surface area contributed by atoms with Crippen molar-refractivity contribution in [3.05, 3.63) is 29.8 Å². The smallest absolute Gasteiger partial charge is 0.122 e. The molecule has 0 aliphatic rings. The molecule has 0 aliphatic heterocycles. The van der Waals surface area contributed by atoms with E-state index < -0.39 is 0 Å². The molecule has 17 heavy (non-hydrogen) atoms. The summed E-state index contributed by atoms with van der Waals surface area (Å²) in [5, 5.41) is 0. The largest absolute Gasteiger partial charge is 0.493 e. The average Bonchev–Trinajstić information content (AvgIpc) is 2.41. The third-order valence-electron chi connectivity index (χ3n) is 2.67. The lowest BCUT2D eigenvalue weighted by atomic mass is 9.98. The van der Waals surface area contributed by atoms with E-state index in [1.807, 2.05) is 26.0 Å². The van der Waals surface area contributed by atoms with Gasteiger partial charge in [0.2, 0.25) is 0 Å². The minimum atomic E-state index is 0.555. The molecule has 0 fully saturated rings. The van der Waals surface area contributed by atoms with Gasteiger partial charge in [-0.05, 0) is 36.9 Å². The Bertz CT molecular complexity index is 286. The van der Waals surface area contributed by atoms with E-state index in [-0.39, 0.29) is 0 Å². The monoisotopic (exact) mass is 237 g/mol. The Morgan fingerprint density at radius 2 is 1.88 bits per heavy atom. The molecule has 0 bridgehead atoms. The summed E-state index contributed by atoms with van der Waals surface area (Å²) in [6.45, 7) is 9.82. The Morgan fingerprint density at radius 1 is 1.24 bits per heavy atom. The third kappa shape index (κ3) is 5.73. The lowest BCUT2D eigenvalue weighted by Crippen LogP contribution is -2.07. The molecule has 1 unspecified atom stereocenters. The Morgan fingerprint density at radius 3 is 2.47 bits per heavy atom. The van der Waals surface area contributed by atoms with Crippen molar-refractivity contribution in [2.45, 2.75) is 46.5 Å². The zero-order chi connectivity index (χ0) is 13.1. The number of para-hydroxylation sites is 1. The summed E-state index contributed by atoms with van der Waals surface area (Å²) in [7, 11) is 0. The van der Waals surface area contributed by atoms with Crippen LogP contribution in [0.1, 0.15) is 52.0 Å². The normalized spacial score (nSPS) is 11.4. The van der Waals surface area contributed by atoms with Gasteiger partial charge < -0.3 is 10.5 Å². The first-order chi connectivity index (χ1) is 8.29. The lowest BCUT2D eigenvalue weighted by molar-refractivity contribution is 0.308. The van der Waals surface area contributed by atoms with Crippen molar-refractivity contribution in [1.82, 2.24) is 0 Å². The molecule has 0 spiro atoms. The van der Waals surface area contributed by atoms with E-state index in [0.29, 0.717) is 19.1 Å². The van der Waals surface area contributed by atoms with E-state index >= 15 is 0 Å². The number of hydrogen-bond acceptors (Lipinski definition) is 2. The van der Waals surface area contributed by atoms with Crippen LogP contribution in [-0.4, -0.2) is 13.2 Å². The minimum absolute atomic E-state index is 0.555. The average molecular weight is 237 g/mol.